The molecule has 15 heteroatoms. The quantitative estimate of drug-likeness (QED) is 0.0792. The predicted molar refractivity (Wildman–Crippen MR) is 204 cm³/mol. The molecular weight excluding hydrogens is 749 g/mol. The van der Waals surface area contributed by atoms with Gasteiger partial charge in [0.15, 0.2) is 5.60 Å². The summed E-state index contributed by atoms with van der Waals surface area (Å²) in [5.74, 6) is -0.461. The van der Waals surface area contributed by atoms with E-state index in [1.54, 1.807) is 0 Å². The van der Waals surface area contributed by atoms with Gasteiger partial charge in [-0.25, -0.2) is 4.79 Å². The van der Waals surface area contributed by atoms with E-state index in [0.717, 1.165) is 62.0 Å². The maximum atomic E-state index is 13.4. The van der Waals surface area contributed by atoms with Gasteiger partial charge in [0.2, 0.25) is 0 Å². The molecule has 0 aromatic carbocycles. The van der Waals surface area contributed by atoms with Crippen molar-refractivity contribution < 1.29 is 52.7 Å². The summed E-state index contributed by atoms with van der Waals surface area (Å²) in [7, 11) is 3.94. The third-order valence-corrected chi connectivity index (χ3v) is 17.1. The molecule has 306 valence electrons. The zero-order valence-electron chi connectivity index (χ0n) is 32.5. The Morgan fingerprint density at radius 1 is 0.964 bits per heavy atom. The number of ether oxygens (including phenoxy) is 6. The molecule has 8 rings (SSSR count). The van der Waals surface area contributed by atoms with Crippen LogP contribution in [0.4, 0.5) is 0 Å². The van der Waals surface area contributed by atoms with E-state index in [2.05, 4.69) is 16.7 Å². The van der Waals surface area contributed by atoms with Crippen LogP contribution in [0.15, 0.2) is 11.1 Å². The first-order valence-corrected chi connectivity index (χ1v) is 23.0. The number of fused-ring (bicyclic) bond motifs is 2. The largest absolute Gasteiger partial charge is 0.464 e. The van der Waals surface area contributed by atoms with Crippen molar-refractivity contribution in [2.24, 2.45) is 23.2 Å². The standard InChI is InChI=1S/C40H58N2O11S2/c1-24(2)33-34(46)36-40(53-36)38(3)12-10-26-27(23-50-37(26)47)28(38)22-29-39(40,52-29)35(33)51-32(45)9-8-31(44)49-20-18-42-15-13-41(14-16-42)17-19-48-30(43)7-5-4-6-25-11-21-54-55-25/h24-25,28-29,33-36,46H,4-23H2,1-3H3/t25?,28?,29-,33+,34+,35+,36-,38-,39+,40+/m0/s1. The van der Waals surface area contributed by atoms with Crippen molar-refractivity contribution in [2.45, 2.75) is 126 Å². The molecule has 13 nitrogen and oxygen atoms in total. The maximum Gasteiger partial charge on any atom is 0.334 e. The summed E-state index contributed by atoms with van der Waals surface area (Å²) in [6, 6.07) is 0. The molecule has 2 unspecified atom stereocenters. The smallest absolute Gasteiger partial charge is 0.334 e. The van der Waals surface area contributed by atoms with Gasteiger partial charge in [-0.3, -0.25) is 24.2 Å². The number of nitrogens with zero attached hydrogens (tertiary/aromatic N) is 2. The first kappa shape index (κ1) is 39.9. The van der Waals surface area contributed by atoms with Gasteiger partial charge < -0.3 is 33.5 Å². The van der Waals surface area contributed by atoms with Gasteiger partial charge in [0.25, 0.3) is 0 Å². The summed E-state index contributed by atoms with van der Waals surface area (Å²) in [6.07, 6.45) is 4.40. The number of esters is 4. The zero-order chi connectivity index (χ0) is 38.5. The molecule has 55 heavy (non-hydrogen) atoms. The van der Waals surface area contributed by atoms with E-state index in [4.69, 9.17) is 28.4 Å². The third-order valence-electron chi connectivity index (χ3n) is 14.1. The van der Waals surface area contributed by atoms with E-state index in [-0.39, 0.29) is 55.9 Å². The average Bonchev–Trinajstić information content (AvgIpc) is 3.98. The normalized spacial score (nSPS) is 39.0. The summed E-state index contributed by atoms with van der Waals surface area (Å²) < 4.78 is 35.9. The van der Waals surface area contributed by atoms with Crippen molar-refractivity contribution in [1.29, 1.82) is 0 Å². The molecule has 5 aliphatic heterocycles. The monoisotopic (exact) mass is 806 g/mol. The molecule has 0 aromatic heterocycles. The van der Waals surface area contributed by atoms with Gasteiger partial charge in [0.1, 0.15) is 37.6 Å². The van der Waals surface area contributed by atoms with Gasteiger partial charge in [-0.1, -0.05) is 48.8 Å². The molecule has 6 fully saturated rings. The Morgan fingerprint density at radius 2 is 1.65 bits per heavy atom. The van der Waals surface area contributed by atoms with Crippen molar-refractivity contribution in [2.75, 3.05) is 64.8 Å². The van der Waals surface area contributed by atoms with Crippen LogP contribution < -0.4 is 0 Å². The Balaban J connectivity index is 0.753. The molecule has 0 bridgehead atoms. The minimum Gasteiger partial charge on any atom is -0.464 e. The number of aliphatic hydroxyl groups is 1. The van der Waals surface area contributed by atoms with E-state index >= 15 is 0 Å². The Labute approximate surface area is 332 Å². The fourth-order valence-corrected chi connectivity index (χ4v) is 14.1. The SMILES string of the molecule is CC(C)[C@@H]1[C@@H](O)[C@@H]2O[C@]23[C@]2(O[C@H]2CC2C4=C(CC[C@@]23C)C(=O)OC4)[C@@H]1OC(=O)CCC(=O)OCCN1CCN(CCOC(=O)CCCCC2CCSS2)CC1. The molecule has 1 N–H and O–H groups in total. The molecule has 2 saturated carbocycles. The third kappa shape index (κ3) is 7.28. The second kappa shape index (κ2) is 16.1. The molecular formula is C40H58N2O11S2. The fourth-order valence-electron chi connectivity index (χ4n) is 11.1. The van der Waals surface area contributed by atoms with E-state index in [1.807, 2.05) is 35.4 Å². The Kier molecular flexibility index (Phi) is 11.7. The highest BCUT2D eigenvalue weighted by Gasteiger charge is 2.95. The number of rotatable bonds is 16. The van der Waals surface area contributed by atoms with Crippen LogP contribution in [0.2, 0.25) is 0 Å². The molecule has 5 heterocycles. The molecule has 0 aromatic rings. The molecule has 8 aliphatic rings. The second-order valence-electron chi connectivity index (χ2n) is 17.4. The van der Waals surface area contributed by atoms with Gasteiger partial charge in [0, 0.05) is 73.6 Å². The second-order valence-corrected chi connectivity index (χ2v) is 20.2. The number of hydrogen-bond donors (Lipinski definition) is 1. The van der Waals surface area contributed by atoms with Crippen LogP contribution in [-0.4, -0.2) is 144 Å². The van der Waals surface area contributed by atoms with Gasteiger partial charge in [-0.05, 0) is 55.9 Å². The van der Waals surface area contributed by atoms with Crippen LogP contribution in [0.1, 0.15) is 85.0 Å². The lowest BCUT2D eigenvalue weighted by atomic mass is 9.46. The maximum absolute atomic E-state index is 13.4. The van der Waals surface area contributed by atoms with E-state index in [1.165, 1.54) is 18.6 Å². The van der Waals surface area contributed by atoms with Crippen molar-refractivity contribution >= 4 is 45.5 Å². The minimum absolute atomic E-state index is 0.0185. The summed E-state index contributed by atoms with van der Waals surface area (Å²) in [4.78, 5) is 55.3. The summed E-state index contributed by atoms with van der Waals surface area (Å²) in [5.41, 5.74) is -0.335. The highest BCUT2D eigenvalue weighted by Crippen LogP contribution is 2.79. The number of unbranched alkanes of at least 4 members (excludes halogenated alkanes) is 1. The Morgan fingerprint density at radius 3 is 2.33 bits per heavy atom. The van der Waals surface area contributed by atoms with Gasteiger partial charge in [-0.2, -0.15) is 0 Å². The number of carbonyl (C=O) groups is 4. The number of hydrogen-bond acceptors (Lipinski definition) is 15. The zero-order valence-corrected chi connectivity index (χ0v) is 34.1. The van der Waals surface area contributed by atoms with Crippen molar-refractivity contribution in [3.05, 3.63) is 11.1 Å². The van der Waals surface area contributed by atoms with E-state index in [9.17, 15) is 24.3 Å². The number of carbonyl (C=O) groups excluding carboxylic acids is 4. The topological polar surface area (TPSA) is 157 Å². The highest BCUT2D eigenvalue weighted by atomic mass is 33.1. The van der Waals surface area contributed by atoms with Crippen LogP contribution in [0, 0.1) is 23.2 Å². The molecule has 4 saturated heterocycles. The van der Waals surface area contributed by atoms with Gasteiger partial charge >= 0.3 is 23.9 Å². The molecule has 2 spiro atoms. The lowest BCUT2D eigenvalue weighted by Crippen LogP contribution is -2.70. The Hall–Kier alpha value is -1.88. The van der Waals surface area contributed by atoms with Crippen LogP contribution in [0.5, 0.6) is 0 Å². The average molecular weight is 807 g/mol. The molecule has 10 atom stereocenters. The predicted octanol–water partition coefficient (Wildman–Crippen LogP) is 3.69. The van der Waals surface area contributed by atoms with Crippen molar-refractivity contribution in [3.63, 3.8) is 0 Å². The van der Waals surface area contributed by atoms with Crippen LogP contribution in [0.25, 0.3) is 0 Å². The minimum atomic E-state index is -0.879. The molecule has 3 aliphatic carbocycles. The highest BCUT2D eigenvalue weighted by molar-refractivity contribution is 8.77. The van der Waals surface area contributed by atoms with E-state index in [0.29, 0.717) is 38.8 Å². The fraction of sp³-hybridized carbons (Fsp3) is 0.850. The lowest BCUT2D eigenvalue weighted by Gasteiger charge is -2.55. The number of piperazine rings is 1. The van der Waals surface area contributed by atoms with Crippen molar-refractivity contribution in [3.8, 4) is 0 Å². The lowest BCUT2D eigenvalue weighted by molar-refractivity contribution is -0.178. The first-order valence-electron chi connectivity index (χ1n) is 20.6. The molecule has 0 radical (unpaired) electrons. The van der Waals surface area contributed by atoms with Crippen LogP contribution in [0.3, 0.4) is 0 Å². The van der Waals surface area contributed by atoms with E-state index < -0.39 is 52.8 Å². The summed E-state index contributed by atoms with van der Waals surface area (Å²) >= 11 is 0. The van der Waals surface area contributed by atoms with Crippen LogP contribution in [-0.2, 0) is 47.6 Å². The summed E-state index contributed by atoms with van der Waals surface area (Å²) in [6.45, 7) is 11.8. The van der Waals surface area contributed by atoms with Gasteiger partial charge in [0.05, 0.1) is 25.0 Å². The molecule has 0 amide bonds. The van der Waals surface area contributed by atoms with Crippen molar-refractivity contribution in [1.82, 2.24) is 9.80 Å². The Bertz CT molecular complexity index is 1530. The number of aliphatic hydroxyl groups excluding tert-OH is 1. The van der Waals surface area contributed by atoms with Gasteiger partial charge in [-0.15, -0.1) is 0 Å². The first-order chi connectivity index (χ1) is 26.5. The van der Waals surface area contributed by atoms with Crippen LogP contribution >= 0.6 is 21.6 Å². The summed E-state index contributed by atoms with van der Waals surface area (Å²) in [5, 5.41) is 12.5. The number of epoxide rings is 2. The number of cyclic esters (lactones) is 1.